The first-order chi connectivity index (χ1) is 12.6. The van der Waals surface area contributed by atoms with E-state index in [4.69, 9.17) is 0 Å². The van der Waals surface area contributed by atoms with E-state index in [0.717, 1.165) is 28.5 Å². The number of thiophene rings is 1. The third kappa shape index (κ3) is 2.99. The molecule has 0 radical (unpaired) electrons. The van der Waals surface area contributed by atoms with E-state index in [0.29, 0.717) is 5.92 Å². The lowest BCUT2D eigenvalue weighted by Gasteiger charge is -2.36. The van der Waals surface area contributed by atoms with Crippen LogP contribution in [0.4, 0.5) is 0 Å². The number of amides is 1. The minimum absolute atomic E-state index is 0.0114. The molecule has 0 saturated carbocycles. The fourth-order valence-electron chi connectivity index (χ4n) is 3.52. The lowest BCUT2D eigenvalue weighted by atomic mass is 9.93. The molecule has 1 aliphatic heterocycles. The largest absolute Gasteiger partial charge is 0.326 e. The number of benzene rings is 1. The third-order valence-electron chi connectivity index (χ3n) is 4.84. The van der Waals surface area contributed by atoms with Gasteiger partial charge in [-0.3, -0.25) is 4.79 Å². The van der Waals surface area contributed by atoms with Crippen molar-refractivity contribution in [2.24, 2.45) is 0 Å². The van der Waals surface area contributed by atoms with Gasteiger partial charge >= 0.3 is 0 Å². The fourth-order valence-corrected chi connectivity index (χ4v) is 5.45. The Morgan fingerprint density at radius 1 is 1.23 bits per heavy atom. The normalized spacial score (nSPS) is 16.8. The van der Waals surface area contributed by atoms with Crippen molar-refractivity contribution < 1.29 is 4.79 Å². The van der Waals surface area contributed by atoms with Crippen LogP contribution < -0.4 is 0 Å². The lowest BCUT2D eigenvalue weighted by molar-refractivity contribution is 0.0700. The molecular formula is C21H22N2OS2. The molecule has 1 unspecified atom stereocenters. The summed E-state index contributed by atoms with van der Waals surface area (Å²) in [5, 5.41) is 3.18. The average Bonchev–Trinajstić information content (AvgIpc) is 3.27. The number of carbonyl (C=O) groups excluding carboxylic acids is 1. The highest BCUT2D eigenvalue weighted by Crippen LogP contribution is 2.39. The Kier molecular flexibility index (Phi) is 4.67. The van der Waals surface area contributed by atoms with E-state index in [-0.39, 0.29) is 11.9 Å². The first-order valence-corrected chi connectivity index (χ1v) is 10.7. The monoisotopic (exact) mass is 382 g/mol. The summed E-state index contributed by atoms with van der Waals surface area (Å²) in [4.78, 5) is 22.3. The minimum atomic E-state index is -0.0114. The Morgan fingerprint density at radius 3 is 2.69 bits per heavy atom. The van der Waals surface area contributed by atoms with Crippen LogP contribution in [0, 0.1) is 6.92 Å². The predicted molar refractivity (Wildman–Crippen MR) is 108 cm³/mol. The van der Waals surface area contributed by atoms with E-state index in [1.54, 1.807) is 22.7 Å². The van der Waals surface area contributed by atoms with Crippen molar-refractivity contribution in [1.29, 1.82) is 0 Å². The molecule has 3 aromatic rings. The average molecular weight is 383 g/mol. The zero-order chi connectivity index (χ0) is 18.3. The third-order valence-corrected chi connectivity index (χ3v) is 7.29. The van der Waals surface area contributed by atoms with E-state index < -0.39 is 0 Å². The maximum absolute atomic E-state index is 13.5. The van der Waals surface area contributed by atoms with E-state index in [9.17, 15) is 4.79 Å². The van der Waals surface area contributed by atoms with Crippen LogP contribution >= 0.6 is 22.7 Å². The number of thiazole rings is 1. The van der Waals surface area contributed by atoms with Gasteiger partial charge in [0.1, 0.15) is 4.88 Å². The molecule has 1 amide bonds. The Morgan fingerprint density at radius 2 is 2.00 bits per heavy atom. The van der Waals surface area contributed by atoms with Gasteiger partial charge in [0.05, 0.1) is 16.7 Å². The summed E-state index contributed by atoms with van der Waals surface area (Å²) in [6.45, 7) is 6.95. The summed E-state index contributed by atoms with van der Waals surface area (Å²) in [6.07, 6.45) is 0.928. The molecule has 5 heteroatoms. The number of hydrogen-bond acceptors (Lipinski definition) is 4. The van der Waals surface area contributed by atoms with Crippen molar-refractivity contribution in [2.75, 3.05) is 6.54 Å². The van der Waals surface area contributed by atoms with Gasteiger partial charge in [0.15, 0.2) is 0 Å². The molecule has 26 heavy (non-hydrogen) atoms. The van der Waals surface area contributed by atoms with Gasteiger partial charge in [0.25, 0.3) is 5.91 Å². The fraction of sp³-hybridized carbons (Fsp3) is 0.333. The quantitative estimate of drug-likeness (QED) is 0.605. The van der Waals surface area contributed by atoms with Gasteiger partial charge in [-0.05, 0) is 35.9 Å². The zero-order valence-corrected chi connectivity index (χ0v) is 16.9. The van der Waals surface area contributed by atoms with Crippen molar-refractivity contribution in [3.8, 4) is 0 Å². The molecule has 1 atom stereocenters. The summed E-state index contributed by atoms with van der Waals surface area (Å²) in [5.41, 5.74) is 3.30. The van der Waals surface area contributed by atoms with Crippen LogP contribution in [-0.4, -0.2) is 22.3 Å². The van der Waals surface area contributed by atoms with Crippen LogP contribution in [0.25, 0.3) is 0 Å². The first-order valence-electron chi connectivity index (χ1n) is 8.95. The van der Waals surface area contributed by atoms with Gasteiger partial charge in [-0.2, -0.15) is 0 Å². The maximum atomic E-state index is 13.5. The molecular weight excluding hydrogens is 360 g/mol. The van der Waals surface area contributed by atoms with Crippen LogP contribution in [0.2, 0.25) is 0 Å². The van der Waals surface area contributed by atoms with Crippen LogP contribution in [-0.2, 0) is 6.42 Å². The van der Waals surface area contributed by atoms with E-state index in [2.05, 4.69) is 42.4 Å². The van der Waals surface area contributed by atoms with E-state index >= 15 is 0 Å². The molecule has 0 N–H and O–H groups in total. The molecule has 1 aromatic carbocycles. The Hall–Kier alpha value is -1.98. The highest BCUT2D eigenvalue weighted by Gasteiger charge is 2.34. The highest BCUT2D eigenvalue weighted by atomic mass is 32.1. The number of fused-ring (bicyclic) bond motifs is 1. The van der Waals surface area contributed by atoms with Crippen LogP contribution in [0.1, 0.15) is 62.2 Å². The van der Waals surface area contributed by atoms with Gasteiger partial charge < -0.3 is 4.90 Å². The van der Waals surface area contributed by atoms with Crippen LogP contribution in [0.15, 0.2) is 41.8 Å². The van der Waals surface area contributed by atoms with E-state index in [1.807, 2.05) is 30.0 Å². The summed E-state index contributed by atoms with van der Waals surface area (Å²) < 4.78 is 0. The Labute approximate surface area is 162 Å². The minimum Gasteiger partial charge on any atom is -0.326 e. The molecule has 3 heterocycles. The number of carbonyl (C=O) groups is 1. The molecule has 2 aromatic heterocycles. The summed E-state index contributed by atoms with van der Waals surface area (Å²) in [7, 11) is 0. The zero-order valence-electron chi connectivity index (χ0n) is 15.2. The van der Waals surface area contributed by atoms with Crippen molar-refractivity contribution in [1.82, 2.24) is 9.88 Å². The van der Waals surface area contributed by atoms with Crippen molar-refractivity contribution in [3.05, 3.63) is 73.4 Å². The Bertz CT molecular complexity index is 927. The van der Waals surface area contributed by atoms with Crippen LogP contribution in [0.3, 0.4) is 0 Å². The predicted octanol–water partition coefficient (Wildman–Crippen LogP) is 5.42. The van der Waals surface area contributed by atoms with Crippen molar-refractivity contribution in [2.45, 2.75) is 39.2 Å². The molecule has 0 spiro atoms. The van der Waals surface area contributed by atoms with E-state index in [1.165, 1.54) is 16.0 Å². The Balaban J connectivity index is 1.76. The summed E-state index contributed by atoms with van der Waals surface area (Å²) in [6, 6.07) is 12.5. The second kappa shape index (κ2) is 6.97. The summed E-state index contributed by atoms with van der Waals surface area (Å²) in [5.74, 6) is 0.451. The first kappa shape index (κ1) is 17.4. The number of nitrogens with zero attached hydrogens (tertiary/aromatic N) is 2. The standard InChI is InChI=1S/C21H22N2OS2/c1-13(2)20-22-14(3)19(26-20)21(24)23-11-9-17-16(10-12-25-17)18(23)15-7-5-4-6-8-15/h4-8,10,12-13,18H,9,11H2,1-3H3. The maximum Gasteiger partial charge on any atom is 0.266 e. The van der Waals surface area contributed by atoms with Crippen molar-refractivity contribution in [3.63, 3.8) is 0 Å². The number of rotatable bonds is 3. The molecule has 0 bridgehead atoms. The summed E-state index contributed by atoms with van der Waals surface area (Å²) >= 11 is 3.35. The topological polar surface area (TPSA) is 33.2 Å². The molecule has 4 rings (SSSR count). The van der Waals surface area contributed by atoms with Gasteiger partial charge in [-0.15, -0.1) is 22.7 Å². The highest BCUT2D eigenvalue weighted by molar-refractivity contribution is 7.13. The number of aromatic nitrogens is 1. The number of hydrogen-bond donors (Lipinski definition) is 0. The second-order valence-electron chi connectivity index (χ2n) is 6.98. The molecule has 1 aliphatic rings. The van der Waals surface area contributed by atoms with Gasteiger partial charge in [0, 0.05) is 17.3 Å². The molecule has 0 saturated heterocycles. The van der Waals surface area contributed by atoms with Crippen molar-refractivity contribution >= 4 is 28.6 Å². The molecule has 0 aliphatic carbocycles. The molecule has 0 fully saturated rings. The number of aryl methyl sites for hydroxylation is 1. The SMILES string of the molecule is Cc1nc(C(C)C)sc1C(=O)N1CCc2sccc2C1c1ccccc1. The molecule has 134 valence electrons. The molecule has 3 nitrogen and oxygen atoms in total. The second-order valence-corrected chi connectivity index (χ2v) is 9.01. The van der Waals surface area contributed by atoms with Gasteiger partial charge in [-0.25, -0.2) is 4.98 Å². The van der Waals surface area contributed by atoms with Gasteiger partial charge in [-0.1, -0.05) is 44.2 Å². The van der Waals surface area contributed by atoms with Gasteiger partial charge in [0.2, 0.25) is 0 Å². The van der Waals surface area contributed by atoms with Crippen LogP contribution in [0.5, 0.6) is 0 Å². The smallest absolute Gasteiger partial charge is 0.266 e. The lowest BCUT2D eigenvalue weighted by Crippen LogP contribution is -2.40.